The van der Waals surface area contributed by atoms with Crippen LogP contribution in [-0.2, 0) is 40.2 Å². The fraction of sp³-hybridized carbons (Fsp3) is 0.576. The number of methoxy groups -OCH3 is 1. The van der Waals surface area contributed by atoms with E-state index >= 15 is 0 Å². The van der Waals surface area contributed by atoms with Crippen LogP contribution < -0.4 is 19.5 Å². The topological polar surface area (TPSA) is 168 Å². The Kier molecular flexibility index (Phi) is 12.0. The Morgan fingerprint density at radius 1 is 1.06 bits per heavy atom. The summed E-state index contributed by atoms with van der Waals surface area (Å²) in [6.07, 6.45) is -1.38. The van der Waals surface area contributed by atoms with Crippen LogP contribution in [0, 0.1) is 11.8 Å². The smallest absolute Gasteiger partial charge is 0.407 e. The number of hydrogen-bond donors (Lipinski definition) is 2. The first kappa shape index (κ1) is 35.7. The SMILES string of the molecule is COC(=O)CCCOc1ccc(C[C@H](NC(=O)OC2CO[C@H]3OCCC23)[C@H](O)CN(CC(C)C)S(=O)(=O)c2ccc3c(c2)OCO3)cc1. The molecule has 0 spiro atoms. The molecule has 0 aliphatic carbocycles. The molecular weight excluding hydrogens is 648 g/mol. The maximum atomic E-state index is 13.9. The molecule has 15 heteroatoms. The summed E-state index contributed by atoms with van der Waals surface area (Å²) in [4.78, 5) is 24.5. The number of ether oxygens (including phenoxy) is 7. The third-order valence-corrected chi connectivity index (χ3v) is 10.2. The van der Waals surface area contributed by atoms with E-state index in [9.17, 15) is 23.1 Å². The van der Waals surface area contributed by atoms with Crippen LogP contribution in [0.5, 0.6) is 17.2 Å². The second-order valence-electron chi connectivity index (χ2n) is 12.4. The number of carbonyl (C=O) groups is 2. The highest BCUT2D eigenvalue weighted by Gasteiger charge is 2.44. The number of nitrogens with zero attached hydrogens (tertiary/aromatic N) is 1. The van der Waals surface area contributed by atoms with Gasteiger partial charge >= 0.3 is 12.1 Å². The summed E-state index contributed by atoms with van der Waals surface area (Å²) in [6, 6.07) is 10.6. The van der Waals surface area contributed by atoms with Crippen LogP contribution in [0.15, 0.2) is 47.4 Å². The Balaban J connectivity index is 1.30. The Morgan fingerprint density at radius 3 is 2.58 bits per heavy atom. The van der Waals surface area contributed by atoms with Crippen molar-refractivity contribution in [3.05, 3.63) is 48.0 Å². The lowest BCUT2D eigenvalue weighted by atomic mass is 10.0. The number of fused-ring (bicyclic) bond motifs is 2. The van der Waals surface area contributed by atoms with Crippen LogP contribution in [0.1, 0.15) is 38.7 Å². The average molecular weight is 693 g/mol. The average Bonchev–Trinajstić information content (AvgIpc) is 3.81. The first-order valence-electron chi connectivity index (χ1n) is 16.1. The first-order valence-corrected chi connectivity index (χ1v) is 17.5. The van der Waals surface area contributed by atoms with Gasteiger partial charge in [-0.2, -0.15) is 4.31 Å². The number of alkyl carbamates (subject to hydrolysis) is 1. The number of carbonyl (C=O) groups excluding carboxylic acids is 2. The summed E-state index contributed by atoms with van der Waals surface area (Å²) in [7, 11) is -2.75. The van der Waals surface area contributed by atoms with Crippen LogP contribution in [0.25, 0.3) is 0 Å². The molecule has 2 N–H and O–H groups in total. The van der Waals surface area contributed by atoms with E-state index in [1.807, 2.05) is 13.8 Å². The van der Waals surface area contributed by atoms with E-state index in [4.69, 9.17) is 28.4 Å². The van der Waals surface area contributed by atoms with E-state index in [1.165, 1.54) is 23.5 Å². The number of sulfonamides is 1. The number of rotatable bonds is 16. The third-order valence-electron chi connectivity index (χ3n) is 8.35. The third kappa shape index (κ3) is 9.08. The Hall–Kier alpha value is -3.63. The lowest BCUT2D eigenvalue weighted by molar-refractivity contribution is -0.140. The van der Waals surface area contributed by atoms with Crippen LogP contribution >= 0.6 is 0 Å². The highest BCUT2D eigenvalue weighted by molar-refractivity contribution is 7.89. The molecule has 1 amide bonds. The van der Waals surface area contributed by atoms with Crippen molar-refractivity contribution in [1.82, 2.24) is 9.62 Å². The van der Waals surface area contributed by atoms with Gasteiger partial charge in [-0.3, -0.25) is 4.79 Å². The predicted octanol–water partition coefficient (Wildman–Crippen LogP) is 2.85. The normalized spacial score (nSPS) is 21.2. The second-order valence-corrected chi connectivity index (χ2v) is 14.3. The van der Waals surface area contributed by atoms with Gasteiger partial charge in [0.2, 0.25) is 16.8 Å². The zero-order valence-electron chi connectivity index (χ0n) is 27.4. The largest absolute Gasteiger partial charge is 0.494 e. The molecule has 2 unspecified atom stereocenters. The number of nitrogens with one attached hydrogen (secondary N) is 1. The van der Waals surface area contributed by atoms with E-state index in [2.05, 4.69) is 10.1 Å². The molecule has 14 nitrogen and oxygen atoms in total. The van der Waals surface area contributed by atoms with Gasteiger partial charge in [-0.05, 0) is 55.0 Å². The fourth-order valence-corrected chi connectivity index (χ4v) is 7.48. The molecule has 2 saturated heterocycles. The highest BCUT2D eigenvalue weighted by Crippen LogP contribution is 2.35. The molecule has 0 bridgehead atoms. The summed E-state index contributed by atoms with van der Waals surface area (Å²) in [6.45, 7) is 4.63. The molecule has 3 aliphatic heterocycles. The van der Waals surface area contributed by atoms with E-state index in [1.54, 1.807) is 30.3 Å². The van der Waals surface area contributed by atoms with Gasteiger partial charge in [0, 0.05) is 25.6 Å². The van der Waals surface area contributed by atoms with E-state index < -0.39 is 40.7 Å². The van der Waals surface area contributed by atoms with Gasteiger partial charge in [-0.1, -0.05) is 26.0 Å². The molecule has 5 atom stereocenters. The van der Waals surface area contributed by atoms with Crippen molar-refractivity contribution in [3.8, 4) is 17.2 Å². The molecule has 0 aromatic heterocycles. The Bertz CT molecular complexity index is 1500. The standard InChI is InChI=1S/C33H44N2O12S/c1-21(2)17-35(48(39,40)24-10-11-28-29(16-24)46-20-45-28)18-27(36)26(34-33(38)47-30-19-44-32-25(30)12-14-43-32)15-22-6-8-23(9-7-22)42-13-4-5-31(37)41-3/h6-11,16,21,25-27,30,32,36H,4-5,12-15,17-20H2,1-3H3,(H,34,38)/t25?,26-,27+,30?,32+/m0/s1. The van der Waals surface area contributed by atoms with E-state index in [0.29, 0.717) is 43.3 Å². The van der Waals surface area contributed by atoms with Crippen molar-refractivity contribution in [2.24, 2.45) is 11.8 Å². The molecule has 5 rings (SSSR count). The molecule has 3 heterocycles. The van der Waals surface area contributed by atoms with Crippen molar-refractivity contribution < 1.29 is 56.3 Å². The Morgan fingerprint density at radius 2 is 1.83 bits per heavy atom. The van der Waals surface area contributed by atoms with E-state index in [0.717, 1.165) is 5.56 Å². The summed E-state index contributed by atoms with van der Waals surface area (Å²) in [5.41, 5.74) is 0.753. The van der Waals surface area contributed by atoms with Gasteiger partial charge in [0.25, 0.3) is 0 Å². The minimum atomic E-state index is -4.08. The van der Waals surface area contributed by atoms with Gasteiger partial charge in [0.15, 0.2) is 17.8 Å². The van der Waals surface area contributed by atoms with Gasteiger partial charge < -0.3 is 43.6 Å². The van der Waals surface area contributed by atoms with Crippen molar-refractivity contribution in [3.63, 3.8) is 0 Å². The summed E-state index contributed by atoms with van der Waals surface area (Å²) in [5, 5.41) is 14.4. The lowest BCUT2D eigenvalue weighted by Gasteiger charge is -2.31. The van der Waals surface area contributed by atoms with Gasteiger partial charge in [0.05, 0.1) is 49.9 Å². The monoisotopic (exact) mass is 692 g/mol. The maximum absolute atomic E-state index is 13.9. The van der Waals surface area contributed by atoms with Crippen LogP contribution in [0.3, 0.4) is 0 Å². The highest BCUT2D eigenvalue weighted by atomic mass is 32.2. The minimum Gasteiger partial charge on any atom is -0.494 e. The van der Waals surface area contributed by atoms with Gasteiger partial charge in [0.1, 0.15) is 11.9 Å². The minimum absolute atomic E-state index is 0.000244. The van der Waals surface area contributed by atoms with Gasteiger partial charge in [-0.15, -0.1) is 0 Å². The zero-order chi connectivity index (χ0) is 34.3. The molecule has 0 saturated carbocycles. The lowest BCUT2D eigenvalue weighted by Crippen LogP contribution is -2.51. The molecule has 0 radical (unpaired) electrons. The number of hydrogen-bond acceptors (Lipinski definition) is 12. The van der Waals surface area contributed by atoms with E-state index in [-0.39, 0.29) is 62.0 Å². The summed E-state index contributed by atoms with van der Waals surface area (Å²) < 4.78 is 66.9. The number of aliphatic hydroxyl groups excluding tert-OH is 1. The van der Waals surface area contributed by atoms with Crippen molar-refractivity contribution in [2.75, 3.05) is 46.8 Å². The van der Waals surface area contributed by atoms with Crippen LogP contribution in [0.2, 0.25) is 0 Å². The number of benzene rings is 2. The molecule has 48 heavy (non-hydrogen) atoms. The molecule has 2 aromatic carbocycles. The van der Waals surface area contributed by atoms with Gasteiger partial charge in [-0.25, -0.2) is 13.2 Å². The quantitative estimate of drug-likeness (QED) is 0.195. The molecule has 264 valence electrons. The first-order chi connectivity index (χ1) is 23.0. The predicted molar refractivity (Wildman–Crippen MR) is 170 cm³/mol. The fourth-order valence-electron chi connectivity index (χ4n) is 5.84. The molecule has 2 fully saturated rings. The van der Waals surface area contributed by atoms with Crippen molar-refractivity contribution in [1.29, 1.82) is 0 Å². The summed E-state index contributed by atoms with van der Waals surface area (Å²) in [5.74, 6) is 0.907. The molecule has 2 aromatic rings. The maximum Gasteiger partial charge on any atom is 0.407 e. The second kappa shape index (κ2) is 16.2. The number of aliphatic hydroxyl groups is 1. The molecular formula is C33H44N2O12S. The Labute approximate surface area is 280 Å². The van der Waals surface area contributed by atoms with Crippen molar-refractivity contribution >= 4 is 22.1 Å². The van der Waals surface area contributed by atoms with Crippen LogP contribution in [-0.4, -0.2) is 101 Å². The van der Waals surface area contributed by atoms with Crippen LogP contribution in [0.4, 0.5) is 4.79 Å². The zero-order valence-corrected chi connectivity index (χ0v) is 28.2. The number of esters is 1. The molecule has 3 aliphatic rings. The summed E-state index contributed by atoms with van der Waals surface area (Å²) >= 11 is 0. The number of amides is 1. The van der Waals surface area contributed by atoms with Crippen molar-refractivity contribution in [2.45, 2.75) is 69.0 Å².